The molecular formula is C34H33IN2O9. The van der Waals surface area contributed by atoms with Crippen LogP contribution in [0.15, 0.2) is 82.8 Å². The van der Waals surface area contributed by atoms with E-state index >= 15 is 0 Å². The molecule has 3 aromatic carbocycles. The smallest absolute Gasteiger partial charge is 0.290 e. The zero-order valence-corrected chi connectivity index (χ0v) is 27.3. The number of aliphatic hydroxyl groups is 2. The molecule has 3 N–H and O–H groups in total. The number of amides is 2. The third-order valence-electron chi connectivity index (χ3n) is 7.65. The minimum Gasteiger partial charge on any atom is -0.493 e. The number of methoxy groups -OCH3 is 2. The van der Waals surface area contributed by atoms with Gasteiger partial charge in [0.1, 0.15) is 18.5 Å². The molecule has 2 amide bonds. The lowest BCUT2D eigenvalue weighted by Gasteiger charge is -2.40. The maximum Gasteiger partial charge on any atom is 0.290 e. The molecule has 0 aliphatic heterocycles. The van der Waals surface area contributed by atoms with Crippen molar-refractivity contribution in [1.82, 2.24) is 10.2 Å². The molecule has 0 spiro atoms. The van der Waals surface area contributed by atoms with Gasteiger partial charge in [-0.2, -0.15) is 0 Å². The Labute approximate surface area is 278 Å². The van der Waals surface area contributed by atoms with E-state index in [2.05, 4.69) is 5.32 Å². The normalized spacial score (nSPS) is 17.6. The Kier molecular flexibility index (Phi) is 10.6. The molecule has 11 nitrogen and oxygen atoms in total. The molecule has 240 valence electrons. The summed E-state index contributed by atoms with van der Waals surface area (Å²) in [6.45, 7) is -0.165. The number of carbonyl (C=O) groups excluding carboxylic acids is 3. The van der Waals surface area contributed by atoms with Crippen molar-refractivity contribution in [3.63, 3.8) is 0 Å². The number of hydrogen-bond acceptors (Lipinski definition) is 9. The van der Waals surface area contributed by atoms with Crippen LogP contribution in [0.3, 0.4) is 0 Å². The molecule has 4 aromatic rings. The van der Waals surface area contributed by atoms with Crippen LogP contribution in [0.1, 0.15) is 32.9 Å². The molecule has 3 atom stereocenters. The molecular weight excluding hydrogens is 707 g/mol. The zero-order chi connectivity index (χ0) is 32.8. The van der Waals surface area contributed by atoms with Gasteiger partial charge in [0.2, 0.25) is 5.91 Å². The Morgan fingerprint density at radius 1 is 1.07 bits per heavy atom. The summed E-state index contributed by atoms with van der Waals surface area (Å²) in [5.74, 6) is 0.0305. The average molecular weight is 741 g/mol. The molecule has 0 fully saturated rings. The number of benzene rings is 3. The van der Waals surface area contributed by atoms with Gasteiger partial charge in [0.15, 0.2) is 28.6 Å². The summed E-state index contributed by atoms with van der Waals surface area (Å²) in [6.07, 6.45) is -0.246. The van der Waals surface area contributed by atoms with Crippen LogP contribution in [-0.2, 0) is 11.3 Å². The first-order valence-electron chi connectivity index (χ1n) is 14.5. The van der Waals surface area contributed by atoms with Gasteiger partial charge in [-0.1, -0.05) is 42.5 Å². The van der Waals surface area contributed by atoms with Gasteiger partial charge in [0.25, 0.3) is 5.91 Å². The lowest BCUT2D eigenvalue weighted by Crippen LogP contribution is -2.54. The minimum absolute atomic E-state index is 0.0152. The van der Waals surface area contributed by atoms with Gasteiger partial charge in [-0.05, 0) is 58.5 Å². The predicted molar refractivity (Wildman–Crippen MR) is 177 cm³/mol. The molecule has 1 aliphatic rings. The maximum absolute atomic E-state index is 14.3. The van der Waals surface area contributed by atoms with Crippen molar-refractivity contribution < 1.29 is 43.2 Å². The number of halogens is 1. The number of fused-ring (bicyclic) bond motifs is 1. The Morgan fingerprint density at radius 2 is 1.83 bits per heavy atom. The summed E-state index contributed by atoms with van der Waals surface area (Å²) >= 11 is 2.00. The molecule has 46 heavy (non-hydrogen) atoms. The van der Waals surface area contributed by atoms with E-state index in [4.69, 9.17) is 18.6 Å². The molecule has 0 bridgehead atoms. The zero-order valence-electron chi connectivity index (χ0n) is 25.1. The molecule has 0 radical (unpaired) electrons. The van der Waals surface area contributed by atoms with E-state index in [9.17, 15) is 24.6 Å². The molecule has 1 aromatic heterocycles. The predicted octanol–water partition coefficient (Wildman–Crippen LogP) is 4.13. The molecule has 12 heteroatoms. The van der Waals surface area contributed by atoms with Crippen molar-refractivity contribution in [1.29, 1.82) is 0 Å². The largest absolute Gasteiger partial charge is 0.493 e. The van der Waals surface area contributed by atoms with E-state index in [1.165, 1.54) is 31.3 Å². The van der Waals surface area contributed by atoms with Crippen LogP contribution in [0.25, 0.3) is 11.0 Å². The van der Waals surface area contributed by atoms with Gasteiger partial charge in [0.05, 0.1) is 30.4 Å². The van der Waals surface area contributed by atoms with Crippen molar-refractivity contribution >= 4 is 51.7 Å². The highest BCUT2D eigenvalue weighted by atomic mass is 127. The van der Waals surface area contributed by atoms with E-state index in [0.29, 0.717) is 32.1 Å². The number of rotatable bonds is 12. The Bertz CT molecular complexity index is 1750. The van der Waals surface area contributed by atoms with E-state index in [1.807, 2.05) is 52.9 Å². The summed E-state index contributed by atoms with van der Waals surface area (Å²) in [7, 11) is 2.94. The molecule has 3 unspecified atom stereocenters. The quantitative estimate of drug-likeness (QED) is 0.144. The minimum atomic E-state index is -1.31. The van der Waals surface area contributed by atoms with Crippen molar-refractivity contribution in [2.75, 3.05) is 27.4 Å². The van der Waals surface area contributed by atoms with E-state index < -0.39 is 30.1 Å². The van der Waals surface area contributed by atoms with Gasteiger partial charge in [-0.25, -0.2) is 0 Å². The van der Waals surface area contributed by atoms with E-state index in [1.54, 1.807) is 30.3 Å². The first-order chi connectivity index (χ1) is 22.3. The van der Waals surface area contributed by atoms with Gasteiger partial charge in [0, 0.05) is 36.0 Å². The number of nitrogens with zero attached hydrogens (tertiary/aromatic N) is 1. The second kappa shape index (κ2) is 14.8. The number of carbonyl (C=O) groups is 3. The second-order valence-electron chi connectivity index (χ2n) is 10.6. The lowest BCUT2D eigenvalue weighted by molar-refractivity contribution is -0.118. The highest BCUT2D eigenvalue weighted by molar-refractivity contribution is 14.1. The summed E-state index contributed by atoms with van der Waals surface area (Å²) in [4.78, 5) is 40.5. The number of aliphatic hydroxyl groups excluding tert-OH is 2. The SMILES string of the molecule is COc1cc(C=O)cc(I)c1OC1C=C(C(=O)NCCO)CC(N(Cc2ccccc2)C(=O)c2cc3cccc(OC)c3o2)C1O. The molecule has 5 rings (SSSR count). The van der Waals surface area contributed by atoms with Gasteiger partial charge in [-0.3, -0.25) is 14.4 Å². The fourth-order valence-electron chi connectivity index (χ4n) is 5.40. The molecule has 1 heterocycles. The third kappa shape index (κ3) is 7.03. The van der Waals surface area contributed by atoms with Crippen LogP contribution in [-0.4, -0.2) is 78.8 Å². The van der Waals surface area contributed by atoms with Crippen LogP contribution in [0.4, 0.5) is 0 Å². The number of nitrogens with one attached hydrogen (secondary N) is 1. The highest BCUT2D eigenvalue weighted by Gasteiger charge is 2.42. The number of hydrogen-bond donors (Lipinski definition) is 3. The van der Waals surface area contributed by atoms with Crippen molar-refractivity contribution in [3.05, 3.63) is 98.8 Å². The van der Waals surface area contributed by atoms with Crippen LogP contribution < -0.4 is 19.5 Å². The van der Waals surface area contributed by atoms with Gasteiger partial charge >= 0.3 is 0 Å². The van der Waals surface area contributed by atoms with Crippen LogP contribution in [0.2, 0.25) is 0 Å². The first kappa shape index (κ1) is 33.0. The topological polar surface area (TPSA) is 148 Å². The van der Waals surface area contributed by atoms with Crippen molar-refractivity contribution in [2.24, 2.45) is 0 Å². The fraction of sp³-hybridized carbons (Fsp3) is 0.265. The summed E-state index contributed by atoms with van der Waals surface area (Å²) in [5, 5.41) is 24.5. The maximum atomic E-state index is 14.3. The Balaban J connectivity index is 1.58. The molecule has 0 saturated heterocycles. The number of aldehydes is 1. The first-order valence-corrected chi connectivity index (χ1v) is 15.5. The lowest BCUT2D eigenvalue weighted by atomic mass is 9.87. The molecule has 1 aliphatic carbocycles. The summed E-state index contributed by atoms with van der Waals surface area (Å²) in [6, 6.07) is 18.4. The van der Waals surface area contributed by atoms with E-state index in [0.717, 1.165) is 5.56 Å². The second-order valence-corrected chi connectivity index (χ2v) is 11.7. The van der Waals surface area contributed by atoms with Gasteiger partial charge < -0.3 is 39.1 Å². The van der Waals surface area contributed by atoms with Crippen molar-refractivity contribution in [2.45, 2.75) is 31.2 Å². The summed E-state index contributed by atoms with van der Waals surface area (Å²) < 4.78 is 23.8. The average Bonchev–Trinajstić information content (AvgIpc) is 3.52. The Morgan fingerprint density at radius 3 is 2.52 bits per heavy atom. The van der Waals surface area contributed by atoms with Gasteiger partial charge in [-0.15, -0.1) is 0 Å². The van der Waals surface area contributed by atoms with E-state index in [-0.39, 0.29) is 48.9 Å². The number of furan rings is 1. The number of para-hydroxylation sites is 1. The number of ether oxygens (including phenoxy) is 3. The van der Waals surface area contributed by atoms with Crippen molar-refractivity contribution in [3.8, 4) is 17.2 Å². The van der Waals surface area contributed by atoms with Crippen LogP contribution in [0, 0.1) is 3.57 Å². The fourth-order valence-corrected chi connectivity index (χ4v) is 6.15. The Hall–Kier alpha value is -4.40. The van der Waals surface area contributed by atoms with Crippen LogP contribution in [0.5, 0.6) is 17.2 Å². The third-order valence-corrected chi connectivity index (χ3v) is 8.45. The summed E-state index contributed by atoms with van der Waals surface area (Å²) in [5.41, 5.74) is 1.82. The highest BCUT2D eigenvalue weighted by Crippen LogP contribution is 2.38. The van der Waals surface area contributed by atoms with Crippen LogP contribution >= 0.6 is 22.6 Å². The standard InChI is InChI=1S/C34H33IN2O9/c1-43-26-10-6-9-22-16-29(46-31(22)26)34(42)37(18-20-7-4-3-5-8-20)25-15-23(33(41)36-11-12-38)17-27(30(25)40)45-32-24(35)13-21(19-39)14-28(32)44-2/h3-10,13-14,16-17,19,25,27,30,38,40H,11-12,15,18H2,1-2H3,(H,36,41). The monoisotopic (exact) mass is 740 g/mol. The molecule has 0 saturated carbocycles.